The van der Waals surface area contributed by atoms with E-state index in [-0.39, 0.29) is 17.7 Å². The highest BCUT2D eigenvalue weighted by Gasteiger charge is 2.26. The minimum absolute atomic E-state index is 0.0356. The van der Waals surface area contributed by atoms with Gasteiger partial charge in [-0.1, -0.05) is 17.7 Å². The highest BCUT2D eigenvalue weighted by molar-refractivity contribution is 6.31. The Hall–Kier alpha value is -2.57. The first kappa shape index (κ1) is 22.1. The molecule has 2 amide bonds. The Bertz CT molecular complexity index is 904. The van der Waals surface area contributed by atoms with Gasteiger partial charge in [0.05, 0.1) is 19.3 Å². The zero-order chi connectivity index (χ0) is 21.7. The number of hydrogen-bond acceptors (Lipinski definition) is 4. The van der Waals surface area contributed by atoms with Gasteiger partial charge in [-0.15, -0.1) is 0 Å². The molecule has 0 radical (unpaired) electrons. The van der Waals surface area contributed by atoms with Crippen LogP contribution in [0.1, 0.15) is 24.0 Å². The number of halogens is 1. The van der Waals surface area contributed by atoms with Crippen LogP contribution in [0.2, 0.25) is 5.02 Å². The van der Waals surface area contributed by atoms with E-state index >= 15 is 0 Å². The van der Waals surface area contributed by atoms with Crippen LogP contribution >= 0.6 is 11.6 Å². The van der Waals surface area contributed by atoms with Crippen molar-refractivity contribution < 1.29 is 14.3 Å². The summed E-state index contributed by atoms with van der Waals surface area (Å²) in [7, 11) is 1.56. The van der Waals surface area contributed by atoms with Gasteiger partial charge >= 0.3 is 0 Å². The summed E-state index contributed by atoms with van der Waals surface area (Å²) in [6, 6.07) is 11.1. The zero-order valence-corrected chi connectivity index (χ0v) is 18.4. The molecule has 0 aliphatic carbocycles. The summed E-state index contributed by atoms with van der Waals surface area (Å²) in [5, 5.41) is 6.43. The van der Waals surface area contributed by atoms with Gasteiger partial charge in [0.25, 0.3) is 0 Å². The molecule has 0 atom stereocenters. The van der Waals surface area contributed by atoms with Crippen molar-refractivity contribution in [3.05, 3.63) is 52.5 Å². The van der Waals surface area contributed by atoms with Crippen LogP contribution in [-0.4, -0.2) is 43.5 Å². The summed E-state index contributed by atoms with van der Waals surface area (Å²) < 4.78 is 5.29. The molecular formula is C23H28ClN3O3. The van der Waals surface area contributed by atoms with Crippen molar-refractivity contribution in [1.82, 2.24) is 4.90 Å². The number of rotatable bonds is 6. The van der Waals surface area contributed by atoms with Crippen LogP contribution in [0.4, 0.5) is 11.4 Å². The van der Waals surface area contributed by atoms with E-state index in [0.717, 1.165) is 16.8 Å². The van der Waals surface area contributed by atoms with Gasteiger partial charge in [-0.25, -0.2) is 0 Å². The highest BCUT2D eigenvalue weighted by atomic mass is 35.5. The summed E-state index contributed by atoms with van der Waals surface area (Å²) in [5.74, 6) is 0.391. The third-order valence-corrected chi connectivity index (χ3v) is 5.49. The number of piperidine rings is 1. The predicted molar refractivity (Wildman–Crippen MR) is 120 cm³/mol. The van der Waals surface area contributed by atoms with Gasteiger partial charge in [0.1, 0.15) is 5.75 Å². The van der Waals surface area contributed by atoms with Gasteiger partial charge in [-0.3, -0.25) is 14.5 Å². The number of hydrogen-bond donors (Lipinski definition) is 2. The fourth-order valence-corrected chi connectivity index (χ4v) is 3.99. The predicted octanol–water partition coefficient (Wildman–Crippen LogP) is 4.25. The quantitative estimate of drug-likeness (QED) is 0.720. The molecule has 1 saturated heterocycles. The number of methoxy groups -OCH3 is 1. The van der Waals surface area contributed by atoms with E-state index in [9.17, 15) is 9.59 Å². The number of nitrogens with one attached hydrogen (secondary N) is 2. The molecule has 1 heterocycles. The first-order chi connectivity index (χ1) is 14.3. The molecule has 0 bridgehead atoms. The topological polar surface area (TPSA) is 70.7 Å². The summed E-state index contributed by atoms with van der Waals surface area (Å²) >= 11 is 6.03. The molecule has 1 fully saturated rings. The number of benzene rings is 2. The third kappa shape index (κ3) is 5.97. The third-order valence-electron chi connectivity index (χ3n) is 5.25. The van der Waals surface area contributed by atoms with E-state index in [0.29, 0.717) is 48.9 Å². The molecule has 0 unspecified atom stereocenters. The Balaban J connectivity index is 1.49. The Morgan fingerprint density at radius 2 is 1.73 bits per heavy atom. The number of ether oxygens (including phenoxy) is 1. The molecule has 2 N–H and O–H groups in total. The first-order valence-electron chi connectivity index (χ1n) is 10.1. The lowest BCUT2D eigenvalue weighted by Crippen LogP contribution is -2.41. The van der Waals surface area contributed by atoms with Crippen LogP contribution in [0.15, 0.2) is 36.4 Å². The second-order valence-electron chi connectivity index (χ2n) is 7.81. The smallest absolute Gasteiger partial charge is 0.238 e. The van der Waals surface area contributed by atoms with Crippen LogP contribution in [0.25, 0.3) is 0 Å². The van der Waals surface area contributed by atoms with Crippen molar-refractivity contribution in [1.29, 1.82) is 0 Å². The van der Waals surface area contributed by atoms with Gasteiger partial charge in [0.15, 0.2) is 0 Å². The minimum Gasteiger partial charge on any atom is -0.495 e. The Morgan fingerprint density at radius 3 is 2.37 bits per heavy atom. The second kappa shape index (κ2) is 9.96. The lowest BCUT2D eigenvalue weighted by atomic mass is 9.95. The van der Waals surface area contributed by atoms with E-state index in [1.54, 1.807) is 25.3 Å². The fraction of sp³-hybridized carbons (Fsp3) is 0.391. The molecular weight excluding hydrogens is 402 g/mol. The Kier molecular flexibility index (Phi) is 7.34. The molecule has 1 aliphatic rings. The van der Waals surface area contributed by atoms with E-state index in [2.05, 4.69) is 21.6 Å². The van der Waals surface area contributed by atoms with Gasteiger partial charge in [0.2, 0.25) is 11.8 Å². The maximum Gasteiger partial charge on any atom is 0.238 e. The van der Waals surface area contributed by atoms with E-state index < -0.39 is 0 Å². The van der Waals surface area contributed by atoms with Crippen molar-refractivity contribution in [2.75, 3.05) is 37.4 Å². The molecule has 0 aromatic heterocycles. The van der Waals surface area contributed by atoms with Gasteiger partial charge in [0, 0.05) is 16.6 Å². The molecule has 0 saturated carbocycles. The SMILES string of the molecule is COc1ccc(Cl)cc1NC(=O)C1CCN(CC(=O)Nc2cc(C)cc(C)c2)CC1. The number of carbonyl (C=O) groups is 2. The maximum absolute atomic E-state index is 12.7. The second-order valence-corrected chi connectivity index (χ2v) is 8.25. The lowest BCUT2D eigenvalue weighted by Gasteiger charge is -2.30. The van der Waals surface area contributed by atoms with Crippen LogP contribution in [0.3, 0.4) is 0 Å². The number of anilines is 2. The van der Waals surface area contributed by atoms with Crippen LogP contribution in [-0.2, 0) is 9.59 Å². The maximum atomic E-state index is 12.7. The van der Waals surface area contributed by atoms with Gasteiger partial charge in [-0.2, -0.15) is 0 Å². The largest absolute Gasteiger partial charge is 0.495 e. The number of aryl methyl sites for hydroxylation is 2. The lowest BCUT2D eigenvalue weighted by molar-refractivity contribution is -0.121. The van der Waals surface area contributed by atoms with E-state index in [1.807, 2.05) is 26.0 Å². The summed E-state index contributed by atoms with van der Waals surface area (Å²) in [4.78, 5) is 27.2. The van der Waals surface area contributed by atoms with Crippen molar-refractivity contribution >= 4 is 34.8 Å². The van der Waals surface area contributed by atoms with Gasteiger partial charge in [-0.05, 0) is 81.2 Å². The van der Waals surface area contributed by atoms with Crippen molar-refractivity contribution in [3.63, 3.8) is 0 Å². The molecule has 7 heteroatoms. The highest BCUT2D eigenvalue weighted by Crippen LogP contribution is 2.29. The number of amides is 2. The Labute approximate surface area is 182 Å². The number of likely N-dealkylation sites (tertiary alicyclic amines) is 1. The molecule has 2 aromatic rings. The molecule has 160 valence electrons. The van der Waals surface area contributed by atoms with Crippen LogP contribution in [0.5, 0.6) is 5.75 Å². The summed E-state index contributed by atoms with van der Waals surface area (Å²) in [5.41, 5.74) is 3.63. The van der Waals surface area contributed by atoms with Crippen molar-refractivity contribution in [2.24, 2.45) is 5.92 Å². The van der Waals surface area contributed by atoms with Crippen molar-refractivity contribution in [3.8, 4) is 5.75 Å². The average molecular weight is 430 g/mol. The standard InChI is InChI=1S/C23H28ClN3O3/c1-15-10-16(2)12-19(11-15)25-22(28)14-27-8-6-17(7-9-27)23(29)26-20-13-18(24)4-5-21(20)30-3/h4-5,10-13,17H,6-9,14H2,1-3H3,(H,25,28)(H,26,29). The first-order valence-corrected chi connectivity index (χ1v) is 10.5. The van der Waals surface area contributed by atoms with Crippen LogP contribution in [0, 0.1) is 19.8 Å². The molecule has 3 rings (SSSR count). The summed E-state index contributed by atoms with van der Waals surface area (Å²) in [6.07, 6.45) is 1.40. The zero-order valence-electron chi connectivity index (χ0n) is 17.6. The monoisotopic (exact) mass is 429 g/mol. The van der Waals surface area contributed by atoms with Crippen molar-refractivity contribution in [2.45, 2.75) is 26.7 Å². The average Bonchev–Trinajstić information content (AvgIpc) is 2.67. The Morgan fingerprint density at radius 1 is 1.07 bits per heavy atom. The van der Waals surface area contributed by atoms with Crippen LogP contribution < -0.4 is 15.4 Å². The molecule has 1 aliphatic heterocycles. The van der Waals surface area contributed by atoms with E-state index in [4.69, 9.17) is 16.3 Å². The number of nitrogens with zero attached hydrogens (tertiary/aromatic N) is 1. The molecule has 6 nitrogen and oxygen atoms in total. The molecule has 0 spiro atoms. The molecule has 2 aromatic carbocycles. The summed E-state index contributed by atoms with van der Waals surface area (Å²) in [6.45, 7) is 5.74. The number of carbonyl (C=O) groups excluding carboxylic acids is 2. The minimum atomic E-state index is -0.104. The fourth-order valence-electron chi connectivity index (χ4n) is 3.82. The van der Waals surface area contributed by atoms with Gasteiger partial charge < -0.3 is 15.4 Å². The van der Waals surface area contributed by atoms with E-state index in [1.165, 1.54) is 0 Å². The normalized spacial score (nSPS) is 14.9. The molecule has 30 heavy (non-hydrogen) atoms.